The molecule has 1 aliphatic carbocycles. The monoisotopic (exact) mass is 281 g/mol. The van der Waals surface area contributed by atoms with E-state index >= 15 is 0 Å². The van der Waals surface area contributed by atoms with E-state index in [-0.39, 0.29) is 30.8 Å². The van der Waals surface area contributed by atoms with E-state index in [9.17, 15) is 14.4 Å². The zero-order valence-corrected chi connectivity index (χ0v) is 12.2. The van der Waals surface area contributed by atoms with Crippen molar-refractivity contribution < 1.29 is 14.4 Å². The van der Waals surface area contributed by atoms with Gasteiger partial charge in [-0.1, -0.05) is 19.3 Å². The summed E-state index contributed by atoms with van der Waals surface area (Å²) in [5.74, 6) is -0.352. The summed E-state index contributed by atoms with van der Waals surface area (Å²) >= 11 is 0. The lowest BCUT2D eigenvalue weighted by Gasteiger charge is -2.23. The number of hydrogen-bond donors (Lipinski definition) is 2. The molecule has 0 aromatic carbocycles. The highest BCUT2D eigenvalue weighted by Gasteiger charge is 2.44. The molecule has 6 nitrogen and oxygen atoms in total. The van der Waals surface area contributed by atoms with Gasteiger partial charge in [0.15, 0.2) is 0 Å². The maximum absolute atomic E-state index is 12.0. The molecule has 112 valence electrons. The second-order valence-electron chi connectivity index (χ2n) is 6.16. The molecule has 1 saturated heterocycles. The van der Waals surface area contributed by atoms with Gasteiger partial charge >= 0.3 is 6.03 Å². The van der Waals surface area contributed by atoms with Gasteiger partial charge in [0.25, 0.3) is 5.91 Å². The van der Waals surface area contributed by atoms with Gasteiger partial charge in [0.1, 0.15) is 5.54 Å². The topological polar surface area (TPSA) is 78.5 Å². The second kappa shape index (κ2) is 5.81. The Morgan fingerprint density at radius 3 is 2.50 bits per heavy atom. The van der Waals surface area contributed by atoms with Gasteiger partial charge in [-0.2, -0.15) is 0 Å². The molecule has 0 spiro atoms. The van der Waals surface area contributed by atoms with Crippen molar-refractivity contribution in [3.63, 3.8) is 0 Å². The second-order valence-corrected chi connectivity index (χ2v) is 6.16. The fraction of sp³-hybridized carbons (Fsp3) is 0.786. The van der Waals surface area contributed by atoms with Crippen LogP contribution in [0.15, 0.2) is 0 Å². The molecule has 6 heteroatoms. The minimum absolute atomic E-state index is 0.0813. The molecule has 2 aliphatic rings. The normalized spacial score (nSPS) is 22.8. The molecule has 0 unspecified atom stereocenters. The van der Waals surface area contributed by atoms with Crippen molar-refractivity contribution in [1.82, 2.24) is 15.5 Å². The van der Waals surface area contributed by atoms with E-state index in [1.165, 1.54) is 6.42 Å². The molecule has 1 heterocycles. The van der Waals surface area contributed by atoms with Gasteiger partial charge in [-0.25, -0.2) is 4.79 Å². The van der Waals surface area contributed by atoms with Crippen molar-refractivity contribution >= 4 is 17.8 Å². The number of rotatable bonds is 4. The van der Waals surface area contributed by atoms with E-state index in [1.54, 1.807) is 13.8 Å². The fourth-order valence-electron chi connectivity index (χ4n) is 2.78. The molecule has 1 aliphatic heterocycles. The lowest BCUT2D eigenvalue weighted by molar-refractivity contribution is -0.130. The molecule has 0 radical (unpaired) electrons. The van der Waals surface area contributed by atoms with Crippen molar-refractivity contribution in [2.24, 2.45) is 0 Å². The van der Waals surface area contributed by atoms with Crippen molar-refractivity contribution in [2.45, 2.75) is 64.0 Å². The average molecular weight is 281 g/mol. The van der Waals surface area contributed by atoms with Crippen LogP contribution in [0.3, 0.4) is 0 Å². The first-order valence-corrected chi connectivity index (χ1v) is 7.33. The minimum atomic E-state index is -0.864. The van der Waals surface area contributed by atoms with Crippen LogP contribution in [0.1, 0.15) is 52.4 Å². The Kier molecular flexibility index (Phi) is 4.30. The summed E-state index contributed by atoms with van der Waals surface area (Å²) in [5.41, 5.74) is -0.864. The first-order valence-electron chi connectivity index (χ1n) is 7.33. The predicted octanol–water partition coefficient (Wildman–Crippen LogP) is 1.16. The molecule has 0 bridgehead atoms. The fourth-order valence-corrected chi connectivity index (χ4v) is 2.78. The van der Waals surface area contributed by atoms with E-state index in [0.717, 1.165) is 30.6 Å². The largest absolute Gasteiger partial charge is 0.353 e. The number of urea groups is 1. The lowest BCUT2D eigenvalue weighted by atomic mass is 9.95. The third-order valence-electron chi connectivity index (χ3n) is 3.98. The van der Waals surface area contributed by atoms with Gasteiger partial charge in [-0.3, -0.25) is 14.5 Å². The highest BCUT2D eigenvalue weighted by Crippen LogP contribution is 2.18. The van der Waals surface area contributed by atoms with Crippen molar-refractivity contribution in [3.8, 4) is 0 Å². The van der Waals surface area contributed by atoms with E-state index in [0.29, 0.717) is 0 Å². The predicted molar refractivity (Wildman–Crippen MR) is 74.0 cm³/mol. The number of amides is 4. The van der Waals surface area contributed by atoms with Crippen molar-refractivity contribution in [2.75, 3.05) is 6.54 Å². The molecule has 1 saturated carbocycles. The molecule has 0 atom stereocenters. The number of imide groups is 1. The van der Waals surface area contributed by atoms with Crippen molar-refractivity contribution in [3.05, 3.63) is 0 Å². The van der Waals surface area contributed by atoms with Crippen molar-refractivity contribution in [1.29, 1.82) is 0 Å². The van der Waals surface area contributed by atoms with Crippen LogP contribution in [0.2, 0.25) is 0 Å². The molecule has 2 N–H and O–H groups in total. The zero-order chi connectivity index (χ0) is 14.8. The molecule has 4 amide bonds. The number of hydrogen-bond acceptors (Lipinski definition) is 3. The van der Waals surface area contributed by atoms with Crippen LogP contribution in [0.25, 0.3) is 0 Å². The third-order valence-corrected chi connectivity index (χ3v) is 3.98. The highest BCUT2D eigenvalue weighted by atomic mass is 16.2. The van der Waals surface area contributed by atoms with Gasteiger partial charge in [-0.05, 0) is 26.7 Å². The molecular formula is C14H23N3O3. The first kappa shape index (κ1) is 14.8. The zero-order valence-electron chi connectivity index (χ0n) is 12.2. The van der Waals surface area contributed by atoms with Gasteiger partial charge in [0, 0.05) is 19.0 Å². The number of carbonyl (C=O) groups is 3. The summed E-state index contributed by atoms with van der Waals surface area (Å²) in [4.78, 5) is 36.6. The molecule has 0 aromatic heterocycles. The van der Waals surface area contributed by atoms with Crippen LogP contribution in [0, 0.1) is 0 Å². The Balaban J connectivity index is 1.78. The Morgan fingerprint density at radius 1 is 1.30 bits per heavy atom. The summed E-state index contributed by atoms with van der Waals surface area (Å²) in [6, 6.07) is -0.152. The Hall–Kier alpha value is -1.59. The molecular weight excluding hydrogens is 258 g/mol. The van der Waals surface area contributed by atoms with Crippen LogP contribution in [0.5, 0.6) is 0 Å². The summed E-state index contributed by atoms with van der Waals surface area (Å²) in [7, 11) is 0. The van der Waals surface area contributed by atoms with Gasteiger partial charge in [0.05, 0.1) is 0 Å². The van der Waals surface area contributed by atoms with E-state index in [2.05, 4.69) is 10.6 Å². The third kappa shape index (κ3) is 3.29. The molecule has 20 heavy (non-hydrogen) atoms. The number of nitrogens with zero attached hydrogens (tertiary/aromatic N) is 1. The number of nitrogens with one attached hydrogen (secondary N) is 2. The van der Waals surface area contributed by atoms with E-state index < -0.39 is 11.6 Å². The Morgan fingerprint density at radius 2 is 1.95 bits per heavy atom. The van der Waals surface area contributed by atoms with Crippen LogP contribution in [-0.4, -0.2) is 40.9 Å². The summed E-state index contributed by atoms with van der Waals surface area (Å²) < 4.78 is 0. The average Bonchev–Trinajstić information content (AvgIpc) is 2.58. The summed E-state index contributed by atoms with van der Waals surface area (Å²) in [5, 5.41) is 5.59. The summed E-state index contributed by atoms with van der Waals surface area (Å²) in [6.45, 7) is 3.47. The molecule has 2 rings (SSSR count). The van der Waals surface area contributed by atoms with Gasteiger partial charge in [0.2, 0.25) is 5.91 Å². The molecule has 2 fully saturated rings. The SMILES string of the molecule is CC1(C)NC(=O)N(CCC(=O)NC2CCCCC2)C1=O. The number of carbonyl (C=O) groups excluding carboxylic acids is 3. The van der Waals surface area contributed by atoms with Crippen LogP contribution >= 0.6 is 0 Å². The Labute approximate surface area is 119 Å². The lowest BCUT2D eigenvalue weighted by Crippen LogP contribution is -2.41. The van der Waals surface area contributed by atoms with Gasteiger partial charge in [-0.15, -0.1) is 0 Å². The summed E-state index contributed by atoms with van der Waals surface area (Å²) in [6.07, 6.45) is 5.79. The maximum Gasteiger partial charge on any atom is 0.325 e. The molecule has 0 aromatic rings. The van der Waals surface area contributed by atoms with Crippen LogP contribution in [0.4, 0.5) is 4.79 Å². The van der Waals surface area contributed by atoms with Crippen LogP contribution in [-0.2, 0) is 9.59 Å². The smallest absolute Gasteiger partial charge is 0.325 e. The highest BCUT2D eigenvalue weighted by molar-refractivity contribution is 6.06. The van der Waals surface area contributed by atoms with E-state index in [4.69, 9.17) is 0 Å². The Bertz CT molecular complexity index is 414. The van der Waals surface area contributed by atoms with Crippen LogP contribution < -0.4 is 10.6 Å². The quantitative estimate of drug-likeness (QED) is 0.759. The standard InChI is InChI=1S/C14H23N3O3/c1-14(2)12(19)17(13(20)16-14)9-8-11(18)15-10-6-4-3-5-7-10/h10H,3-9H2,1-2H3,(H,15,18)(H,16,20). The minimum Gasteiger partial charge on any atom is -0.353 e. The van der Waals surface area contributed by atoms with E-state index in [1.807, 2.05) is 0 Å². The van der Waals surface area contributed by atoms with Gasteiger partial charge < -0.3 is 10.6 Å². The maximum atomic E-state index is 12.0. The first-order chi connectivity index (χ1) is 9.40.